The van der Waals surface area contributed by atoms with Crippen LogP contribution < -0.4 is 25.6 Å². The van der Waals surface area contributed by atoms with Crippen molar-refractivity contribution in [3.63, 3.8) is 0 Å². The third kappa shape index (κ3) is 7.30. The summed E-state index contributed by atoms with van der Waals surface area (Å²) in [5.74, 6) is 0.294. The molecule has 3 rings (SSSR count). The van der Waals surface area contributed by atoms with Gasteiger partial charge in [0.1, 0.15) is 20.2 Å². The average molecular weight is 525 g/mol. The first-order valence-corrected chi connectivity index (χ1v) is 13.0. The molecule has 0 radical (unpaired) electrons. The number of thiocarbonyl (C=S) groups is 1. The van der Waals surface area contributed by atoms with Crippen LogP contribution in [0.2, 0.25) is 0 Å². The molecule has 0 aliphatic carbocycles. The van der Waals surface area contributed by atoms with Gasteiger partial charge in [0.2, 0.25) is 0 Å². The van der Waals surface area contributed by atoms with E-state index in [-0.39, 0.29) is 15.9 Å². The summed E-state index contributed by atoms with van der Waals surface area (Å²) in [7, 11) is -0.316. The summed E-state index contributed by atoms with van der Waals surface area (Å²) in [6, 6.07) is 16.7. The zero-order valence-electron chi connectivity index (χ0n) is 20.5. The van der Waals surface area contributed by atoms with E-state index >= 15 is 0 Å². The number of nitrogens with one attached hydrogen (secondary N) is 3. The molecule has 0 saturated carbocycles. The van der Waals surface area contributed by atoms with Crippen LogP contribution in [0.15, 0.2) is 65.6 Å². The van der Waals surface area contributed by atoms with E-state index in [1.54, 1.807) is 43.5 Å². The fraction of sp³-hybridized carbons (Fsp3) is 0.200. The van der Waals surface area contributed by atoms with Crippen LogP contribution in [-0.4, -0.2) is 47.6 Å². The second kappa shape index (κ2) is 12.0. The monoisotopic (exact) mass is 525 g/mol. The first kappa shape index (κ1) is 27.2. The van der Waals surface area contributed by atoms with Crippen molar-refractivity contribution in [2.24, 2.45) is 0 Å². The molecule has 11 heteroatoms. The van der Waals surface area contributed by atoms with Gasteiger partial charge in [-0.2, -0.15) is 0 Å². The van der Waals surface area contributed by atoms with Crippen LogP contribution in [0.25, 0.3) is 0 Å². The molecule has 0 unspecified atom stereocenters. The van der Waals surface area contributed by atoms with Gasteiger partial charge in [0.05, 0.1) is 17.2 Å². The van der Waals surface area contributed by atoms with Gasteiger partial charge in [-0.25, -0.2) is 8.42 Å². The van der Waals surface area contributed by atoms with Crippen molar-refractivity contribution in [1.29, 1.82) is 0 Å². The Hall–Kier alpha value is -3.41. The van der Waals surface area contributed by atoms with Crippen LogP contribution in [0.5, 0.6) is 5.75 Å². The lowest BCUT2D eigenvalue weighted by Crippen LogP contribution is -2.34. The largest absolute Gasteiger partial charge is 0.492 e. The van der Waals surface area contributed by atoms with Gasteiger partial charge in [-0.15, -0.1) is 0 Å². The van der Waals surface area contributed by atoms with E-state index in [9.17, 15) is 13.2 Å². The zero-order valence-corrected chi connectivity index (χ0v) is 22.2. The first-order chi connectivity index (χ1) is 17.1. The number of hydrogen-bond donors (Lipinski definition) is 3. The lowest BCUT2D eigenvalue weighted by Gasteiger charge is -2.13. The third-order valence-corrected chi connectivity index (χ3v) is 6.84. The van der Waals surface area contributed by atoms with Crippen LogP contribution in [0.4, 0.5) is 11.4 Å². The van der Waals surface area contributed by atoms with E-state index in [1.165, 1.54) is 12.1 Å². The van der Waals surface area contributed by atoms with Crippen molar-refractivity contribution in [3.05, 3.63) is 77.4 Å². The van der Waals surface area contributed by atoms with Gasteiger partial charge in [-0.1, -0.05) is 23.8 Å². The summed E-state index contributed by atoms with van der Waals surface area (Å²) in [6.07, 6.45) is 0. The number of anilines is 2. The highest BCUT2D eigenvalue weighted by molar-refractivity contribution is 7.92. The van der Waals surface area contributed by atoms with Gasteiger partial charge in [0.25, 0.3) is 15.9 Å². The Morgan fingerprint density at radius 2 is 1.72 bits per heavy atom. The maximum atomic E-state index is 12.8. The maximum absolute atomic E-state index is 12.8. The minimum Gasteiger partial charge on any atom is -0.492 e. The van der Waals surface area contributed by atoms with E-state index in [1.807, 2.05) is 33.8 Å². The fourth-order valence-corrected chi connectivity index (χ4v) is 4.72. The predicted molar refractivity (Wildman–Crippen MR) is 149 cm³/mol. The molecular formula is C25H28BN3O5S2. The number of carbonyl (C=O) groups is 1. The number of hydrogen-bond acceptors (Lipinski definition) is 6. The number of amides is 1. The average Bonchev–Trinajstić information content (AvgIpc) is 2.82. The molecule has 0 heterocycles. The van der Waals surface area contributed by atoms with Crippen LogP contribution >= 0.6 is 12.2 Å². The van der Waals surface area contributed by atoms with E-state index < -0.39 is 10.0 Å². The summed E-state index contributed by atoms with van der Waals surface area (Å²) in [6.45, 7) is 4.68. The van der Waals surface area contributed by atoms with Crippen molar-refractivity contribution in [3.8, 4) is 5.75 Å². The lowest BCUT2D eigenvalue weighted by atomic mass is 9.93. The number of benzene rings is 3. The number of methoxy groups -OCH3 is 1. The smallest absolute Gasteiger partial charge is 0.261 e. The van der Waals surface area contributed by atoms with E-state index in [2.05, 4.69) is 15.4 Å². The minimum atomic E-state index is -3.76. The molecule has 0 aliphatic rings. The van der Waals surface area contributed by atoms with Crippen LogP contribution in [0.3, 0.4) is 0 Å². The Morgan fingerprint density at radius 1 is 1.00 bits per heavy atom. The highest BCUT2D eigenvalue weighted by Gasteiger charge is 2.16. The van der Waals surface area contributed by atoms with Gasteiger partial charge in [-0.05, 0) is 79.6 Å². The Bertz CT molecular complexity index is 1360. The SMILES string of the molecule is Bc1cc(C(=O)NC(=S)Nc2ccc(S(=O)(=O)Nc3ccc(C)cc3C)cc2)ccc1OCCOC. The van der Waals surface area contributed by atoms with Crippen LogP contribution in [0, 0.1) is 13.8 Å². The molecule has 3 aromatic carbocycles. The fourth-order valence-electron chi connectivity index (χ4n) is 3.37. The van der Waals surface area contributed by atoms with Crippen molar-refractivity contribution in [2.45, 2.75) is 18.7 Å². The third-order valence-electron chi connectivity index (χ3n) is 5.26. The second-order valence-corrected chi connectivity index (χ2v) is 10.3. The Morgan fingerprint density at radius 3 is 2.36 bits per heavy atom. The van der Waals surface area contributed by atoms with Crippen LogP contribution in [0.1, 0.15) is 21.5 Å². The summed E-state index contributed by atoms with van der Waals surface area (Å²) in [5.41, 5.74) is 4.17. The molecule has 3 aromatic rings. The van der Waals surface area contributed by atoms with Gasteiger partial charge >= 0.3 is 0 Å². The van der Waals surface area contributed by atoms with E-state index in [0.29, 0.717) is 35.9 Å². The van der Waals surface area contributed by atoms with E-state index in [0.717, 1.165) is 16.6 Å². The molecular weight excluding hydrogens is 497 g/mol. The molecule has 0 fully saturated rings. The maximum Gasteiger partial charge on any atom is 0.261 e. The molecule has 0 spiro atoms. The molecule has 0 aromatic heterocycles. The number of sulfonamides is 1. The van der Waals surface area contributed by atoms with Crippen molar-refractivity contribution < 1.29 is 22.7 Å². The van der Waals surface area contributed by atoms with Gasteiger partial charge < -0.3 is 14.8 Å². The number of rotatable bonds is 9. The zero-order chi connectivity index (χ0) is 26.3. The number of carbonyl (C=O) groups excluding carboxylic acids is 1. The van der Waals surface area contributed by atoms with Gasteiger partial charge in [-0.3, -0.25) is 14.8 Å². The van der Waals surface area contributed by atoms with Crippen molar-refractivity contribution >= 4 is 57.9 Å². The Labute approximate surface area is 217 Å². The van der Waals surface area contributed by atoms with Crippen LogP contribution in [-0.2, 0) is 14.8 Å². The van der Waals surface area contributed by atoms with Gasteiger partial charge in [0, 0.05) is 18.4 Å². The minimum absolute atomic E-state index is 0.0853. The summed E-state index contributed by atoms with van der Waals surface area (Å²) >= 11 is 5.25. The van der Waals surface area contributed by atoms with Crippen molar-refractivity contribution in [2.75, 3.05) is 30.4 Å². The molecule has 8 nitrogen and oxygen atoms in total. The predicted octanol–water partition coefficient (Wildman–Crippen LogP) is 2.51. The van der Waals surface area contributed by atoms with Crippen molar-refractivity contribution in [1.82, 2.24) is 5.32 Å². The number of aryl methyl sites for hydroxylation is 2. The highest BCUT2D eigenvalue weighted by atomic mass is 32.2. The van der Waals surface area contributed by atoms with Gasteiger partial charge in [0.15, 0.2) is 5.11 Å². The Balaban J connectivity index is 1.59. The first-order valence-electron chi connectivity index (χ1n) is 11.1. The normalized spacial score (nSPS) is 11.0. The highest BCUT2D eigenvalue weighted by Crippen LogP contribution is 2.22. The molecule has 0 bridgehead atoms. The lowest BCUT2D eigenvalue weighted by molar-refractivity contribution is 0.0977. The second-order valence-electron chi connectivity index (χ2n) is 8.18. The van der Waals surface area contributed by atoms with E-state index in [4.69, 9.17) is 21.7 Å². The molecule has 0 atom stereocenters. The Kier molecular flexibility index (Phi) is 9.08. The molecule has 36 heavy (non-hydrogen) atoms. The standard InChI is InChI=1S/C25H28BN3O5S2/c1-16-4-10-22(17(2)14-16)29-36(31,32)20-8-6-19(7-9-20)27-25(35)28-24(30)18-5-11-23(21(26)15-18)34-13-12-33-3/h4-11,14-15,29H,12-13,26H2,1-3H3,(H2,27,28,30,35). The molecule has 1 amide bonds. The quantitative estimate of drug-likeness (QED) is 0.224. The summed E-state index contributed by atoms with van der Waals surface area (Å²) < 4.78 is 38.7. The topological polar surface area (TPSA) is 106 Å². The number of ether oxygens (including phenoxy) is 2. The summed E-state index contributed by atoms with van der Waals surface area (Å²) in [5, 5.41) is 5.60. The molecule has 3 N–H and O–H groups in total. The molecule has 0 aliphatic heterocycles. The summed E-state index contributed by atoms with van der Waals surface area (Å²) in [4.78, 5) is 12.7. The molecule has 188 valence electrons. The molecule has 0 saturated heterocycles.